The number of sulfonamides is 1. The van der Waals surface area contributed by atoms with Gasteiger partial charge in [-0.1, -0.05) is 60.3 Å². The molecule has 2 aliphatic carbocycles. The van der Waals surface area contributed by atoms with Gasteiger partial charge in [-0.2, -0.15) is 0 Å². The SMILES string of the molecule is CCS(=O)(=O)N(C)C[C@@H](NC(=O)N[C@@H]1C(=O)N2C[C@H]3[C@@H]([C@H]2C(=O)N[C@H](C(=O)C(=O)NC2CC2)CCCCCCCO[C@H]1C)C3(C)C)C(C)(C)C. The molecule has 7 atom stereocenters. The molecule has 4 rings (SSSR count). The number of amides is 5. The molecule has 0 bridgehead atoms. The van der Waals surface area contributed by atoms with E-state index in [1.165, 1.54) is 16.3 Å². The largest absolute Gasteiger partial charge is 0.376 e. The number of piperidine rings is 1. The maximum absolute atomic E-state index is 14.5. The molecule has 4 aliphatic rings. The Labute approximate surface area is 298 Å². The summed E-state index contributed by atoms with van der Waals surface area (Å²) in [4.78, 5) is 69.9. The van der Waals surface area contributed by atoms with E-state index in [1.54, 1.807) is 13.8 Å². The lowest BCUT2D eigenvalue weighted by atomic mass is 9.87. The average Bonchev–Trinajstić information content (AvgIpc) is 3.89. The molecule has 284 valence electrons. The number of likely N-dealkylation sites (N-methyl/N-ethyl adjacent to an activating group) is 1. The van der Waals surface area contributed by atoms with E-state index in [-0.39, 0.29) is 35.6 Å². The number of carbonyl (C=O) groups excluding carboxylic acids is 5. The first-order valence-electron chi connectivity index (χ1n) is 18.4. The highest BCUT2D eigenvalue weighted by Gasteiger charge is 2.69. The highest BCUT2D eigenvalue weighted by molar-refractivity contribution is 7.89. The van der Waals surface area contributed by atoms with Crippen LogP contribution in [-0.4, -0.2) is 116 Å². The monoisotopic (exact) mass is 724 g/mol. The summed E-state index contributed by atoms with van der Waals surface area (Å²) in [5.74, 6) is -2.51. The van der Waals surface area contributed by atoms with E-state index in [0.29, 0.717) is 26.0 Å². The van der Waals surface area contributed by atoms with Crippen molar-refractivity contribution < 1.29 is 37.1 Å². The fourth-order valence-electron chi connectivity index (χ4n) is 7.35. The zero-order chi connectivity index (χ0) is 37.2. The van der Waals surface area contributed by atoms with Gasteiger partial charge in [0.2, 0.25) is 27.6 Å². The third-order valence-electron chi connectivity index (χ3n) is 11.2. The molecule has 2 saturated carbocycles. The lowest BCUT2D eigenvalue weighted by molar-refractivity contribution is -0.146. The number of Topliss-reactive ketones (excluding diaryl/α,β-unsaturated/α-hetero) is 1. The van der Waals surface area contributed by atoms with E-state index < -0.39 is 75.2 Å². The number of ketones is 1. The summed E-state index contributed by atoms with van der Waals surface area (Å²) in [5, 5.41) is 11.3. The van der Waals surface area contributed by atoms with Crippen LogP contribution in [0.1, 0.15) is 99.8 Å². The van der Waals surface area contributed by atoms with Gasteiger partial charge in [-0.25, -0.2) is 17.5 Å². The number of nitrogens with zero attached hydrogens (tertiary/aromatic N) is 2. The Morgan fingerprint density at radius 1 is 1.04 bits per heavy atom. The fraction of sp³-hybridized carbons (Fsp3) is 0.857. The van der Waals surface area contributed by atoms with E-state index in [1.807, 2.05) is 20.8 Å². The highest BCUT2D eigenvalue weighted by atomic mass is 32.2. The zero-order valence-electron chi connectivity index (χ0n) is 31.2. The van der Waals surface area contributed by atoms with Crippen LogP contribution in [0.15, 0.2) is 0 Å². The van der Waals surface area contributed by atoms with Crippen LogP contribution < -0.4 is 21.3 Å². The molecule has 0 aromatic rings. The Morgan fingerprint density at radius 3 is 2.30 bits per heavy atom. The highest BCUT2D eigenvalue weighted by Crippen LogP contribution is 2.65. The van der Waals surface area contributed by atoms with Crippen LogP contribution in [-0.2, 0) is 33.9 Å². The first kappa shape index (κ1) is 40.0. The standard InChI is InChI=1S/C35H60N6O8S/c1-9-50(47,48)40(8)20-25(34(3,4)5)38-33(46)39-27-21(2)49-18-14-12-10-11-13-15-24(29(42)31(44)36-22-16-17-22)37-30(43)28-26-23(35(26,6)7)19-41(28)32(27)45/h21-28H,9-20H2,1-8H3,(H,36,44)(H,37,43)(H2,38,39,46)/t21-,23-,24-,25+,26-,27-,28-/m0/s1. The second kappa shape index (κ2) is 15.9. The molecule has 15 heteroatoms. The van der Waals surface area contributed by atoms with Gasteiger partial charge < -0.3 is 30.9 Å². The Kier molecular flexibility index (Phi) is 12.7. The predicted molar refractivity (Wildman–Crippen MR) is 188 cm³/mol. The summed E-state index contributed by atoms with van der Waals surface area (Å²) >= 11 is 0. The number of rotatable bonds is 9. The van der Waals surface area contributed by atoms with Crippen molar-refractivity contribution >= 4 is 39.6 Å². The number of carbonyl (C=O) groups is 5. The maximum atomic E-state index is 14.5. The summed E-state index contributed by atoms with van der Waals surface area (Å²) in [6.07, 6.45) is 5.17. The van der Waals surface area contributed by atoms with Crippen molar-refractivity contribution in [3.8, 4) is 0 Å². The Morgan fingerprint density at radius 2 is 1.68 bits per heavy atom. The minimum atomic E-state index is -3.51. The third kappa shape index (κ3) is 9.55. The number of hydrogen-bond acceptors (Lipinski definition) is 8. The molecular formula is C35H60N6O8S. The second-order valence-corrected chi connectivity index (χ2v) is 18.8. The molecule has 0 aromatic carbocycles. The third-order valence-corrected chi connectivity index (χ3v) is 13.0. The molecule has 0 unspecified atom stereocenters. The number of ether oxygens (including phenoxy) is 1. The first-order valence-corrected chi connectivity index (χ1v) is 20.0. The smallest absolute Gasteiger partial charge is 0.315 e. The molecule has 5 amide bonds. The number of urea groups is 1. The summed E-state index contributed by atoms with van der Waals surface area (Å²) in [6.45, 7) is 13.8. The van der Waals surface area contributed by atoms with Crippen molar-refractivity contribution in [3.63, 3.8) is 0 Å². The van der Waals surface area contributed by atoms with Crippen molar-refractivity contribution in [2.24, 2.45) is 22.7 Å². The number of hydrogen-bond donors (Lipinski definition) is 4. The Balaban J connectivity index is 1.58. The van der Waals surface area contributed by atoms with Crippen molar-refractivity contribution in [1.29, 1.82) is 0 Å². The van der Waals surface area contributed by atoms with Crippen LogP contribution in [0.4, 0.5) is 4.79 Å². The average molecular weight is 725 g/mol. The van der Waals surface area contributed by atoms with Crippen LogP contribution in [0.5, 0.6) is 0 Å². The first-order chi connectivity index (χ1) is 23.3. The molecule has 14 nitrogen and oxygen atoms in total. The summed E-state index contributed by atoms with van der Waals surface area (Å²) in [6, 6.07) is -4.31. The lowest BCUT2D eigenvalue weighted by Crippen LogP contribution is -2.62. The Bertz CT molecular complexity index is 1390. The van der Waals surface area contributed by atoms with E-state index in [4.69, 9.17) is 4.74 Å². The maximum Gasteiger partial charge on any atom is 0.315 e. The van der Waals surface area contributed by atoms with E-state index >= 15 is 0 Å². The Hall–Kier alpha value is -2.78. The lowest BCUT2D eigenvalue weighted by Gasteiger charge is -2.37. The van der Waals surface area contributed by atoms with Gasteiger partial charge in [-0.05, 0) is 62.2 Å². The second-order valence-electron chi connectivity index (χ2n) is 16.4. The van der Waals surface area contributed by atoms with Gasteiger partial charge >= 0.3 is 6.03 Å². The molecule has 0 spiro atoms. The van der Waals surface area contributed by atoms with Gasteiger partial charge in [0.1, 0.15) is 12.1 Å². The molecule has 50 heavy (non-hydrogen) atoms. The zero-order valence-corrected chi connectivity index (χ0v) is 32.0. The van der Waals surface area contributed by atoms with Gasteiger partial charge in [0.25, 0.3) is 5.91 Å². The quantitative estimate of drug-likeness (QED) is 0.260. The minimum Gasteiger partial charge on any atom is -0.376 e. The summed E-state index contributed by atoms with van der Waals surface area (Å²) in [7, 11) is -2.04. The molecule has 0 aromatic heterocycles. The molecule has 2 heterocycles. The molecule has 2 saturated heterocycles. The fourth-order valence-corrected chi connectivity index (χ4v) is 8.17. The van der Waals surface area contributed by atoms with Crippen LogP contribution in [0, 0.1) is 22.7 Å². The van der Waals surface area contributed by atoms with Gasteiger partial charge in [-0.15, -0.1) is 0 Å². The van der Waals surface area contributed by atoms with Crippen molar-refractivity contribution in [1.82, 2.24) is 30.5 Å². The number of fused-ring (bicyclic) bond motifs is 3. The van der Waals surface area contributed by atoms with Crippen LogP contribution in [0.3, 0.4) is 0 Å². The van der Waals surface area contributed by atoms with Gasteiger partial charge in [0.05, 0.1) is 17.9 Å². The van der Waals surface area contributed by atoms with Crippen molar-refractivity contribution in [2.45, 2.75) is 136 Å². The minimum absolute atomic E-state index is 0.000815. The molecule has 4 N–H and O–H groups in total. The normalized spacial score (nSPS) is 30.1. The van der Waals surface area contributed by atoms with Gasteiger partial charge in [0.15, 0.2) is 0 Å². The van der Waals surface area contributed by atoms with Gasteiger partial charge in [-0.3, -0.25) is 19.2 Å². The molecule has 2 aliphatic heterocycles. The number of nitrogens with one attached hydrogen (secondary N) is 4. The van der Waals surface area contributed by atoms with Crippen LogP contribution in [0.25, 0.3) is 0 Å². The summed E-state index contributed by atoms with van der Waals surface area (Å²) < 4.78 is 32.4. The topological polar surface area (TPSA) is 183 Å². The molecule has 4 fully saturated rings. The van der Waals surface area contributed by atoms with Gasteiger partial charge in [0, 0.05) is 38.8 Å². The van der Waals surface area contributed by atoms with Crippen LogP contribution in [0.2, 0.25) is 0 Å². The summed E-state index contributed by atoms with van der Waals surface area (Å²) in [5.41, 5.74) is -0.744. The van der Waals surface area contributed by atoms with Crippen LogP contribution >= 0.6 is 0 Å². The molecule has 0 radical (unpaired) electrons. The van der Waals surface area contributed by atoms with E-state index in [9.17, 15) is 32.4 Å². The van der Waals surface area contributed by atoms with E-state index in [2.05, 4.69) is 35.1 Å². The van der Waals surface area contributed by atoms with E-state index in [0.717, 1.165) is 38.5 Å². The van der Waals surface area contributed by atoms with Crippen molar-refractivity contribution in [3.05, 3.63) is 0 Å². The van der Waals surface area contributed by atoms with Crippen molar-refractivity contribution in [2.75, 3.05) is 32.5 Å². The molecular weight excluding hydrogens is 664 g/mol. The predicted octanol–water partition coefficient (Wildman–Crippen LogP) is 1.93.